The summed E-state index contributed by atoms with van der Waals surface area (Å²) in [5.41, 5.74) is 9.05. The van der Waals surface area contributed by atoms with Crippen molar-refractivity contribution in [2.24, 2.45) is 15.9 Å². The van der Waals surface area contributed by atoms with E-state index in [0.29, 0.717) is 11.4 Å². The van der Waals surface area contributed by atoms with Gasteiger partial charge in [0.25, 0.3) is 0 Å². The van der Waals surface area contributed by atoms with Crippen molar-refractivity contribution in [3.8, 4) is 0 Å². The van der Waals surface area contributed by atoms with Crippen LogP contribution in [-0.4, -0.2) is 53.1 Å². The Balaban J connectivity index is 1.61. The third-order valence-corrected chi connectivity index (χ3v) is 5.95. The number of nitrogens with two attached hydrogens (primary N) is 1. The predicted octanol–water partition coefficient (Wildman–Crippen LogP) is 3.22. The van der Waals surface area contributed by atoms with Crippen LogP contribution < -0.4 is 15.5 Å². The fourth-order valence-electron chi connectivity index (χ4n) is 3.15. The maximum absolute atomic E-state index is 12.7. The lowest BCUT2D eigenvalue weighted by Gasteiger charge is -2.14. The third kappa shape index (κ3) is 6.10. The van der Waals surface area contributed by atoms with Crippen molar-refractivity contribution in [2.45, 2.75) is 18.6 Å². The first kappa shape index (κ1) is 24.7. The van der Waals surface area contributed by atoms with Crippen LogP contribution in [-0.2, 0) is 9.59 Å². The van der Waals surface area contributed by atoms with Gasteiger partial charge in [0.1, 0.15) is 5.25 Å². The summed E-state index contributed by atoms with van der Waals surface area (Å²) < 4.78 is 0. The van der Waals surface area contributed by atoms with Gasteiger partial charge in [0.2, 0.25) is 11.8 Å². The molecule has 2 aromatic carbocycles. The summed E-state index contributed by atoms with van der Waals surface area (Å²) in [5.74, 6) is -1.91. The molecule has 0 spiro atoms. The number of anilines is 2. The molecule has 2 aromatic rings. The van der Waals surface area contributed by atoms with Gasteiger partial charge in [0, 0.05) is 26.2 Å². The predicted molar refractivity (Wildman–Crippen MR) is 136 cm³/mol. The van der Waals surface area contributed by atoms with Gasteiger partial charge in [-0.1, -0.05) is 30.0 Å². The average molecular weight is 480 g/mol. The molecule has 34 heavy (non-hydrogen) atoms. The Morgan fingerprint density at radius 1 is 1.12 bits per heavy atom. The minimum absolute atomic E-state index is 0.0358. The van der Waals surface area contributed by atoms with Gasteiger partial charge in [-0.25, -0.2) is 9.69 Å². The second-order valence-electron chi connectivity index (χ2n) is 7.73. The molecule has 1 unspecified atom stereocenters. The average Bonchev–Trinajstić information content (AvgIpc) is 3.09. The zero-order valence-corrected chi connectivity index (χ0v) is 19.8. The number of amides is 2. The van der Waals surface area contributed by atoms with Gasteiger partial charge in [-0.15, -0.1) is 5.10 Å². The number of allylic oxidation sites excluding steroid dienone is 1. The number of amidine groups is 1. The molecule has 0 aliphatic carbocycles. The molecule has 0 radical (unpaired) electrons. The number of carboxylic acid groups (broad SMARTS) is 1. The summed E-state index contributed by atoms with van der Waals surface area (Å²) in [6.07, 6.45) is 3.68. The lowest BCUT2D eigenvalue weighted by atomic mass is 10.2. The van der Waals surface area contributed by atoms with Crippen LogP contribution in [0.15, 0.2) is 64.8 Å². The summed E-state index contributed by atoms with van der Waals surface area (Å²) in [4.78, 5) is 39.2. The highest BCUT2D eigenvalue weighted by Crippen LogP contribution is 2.30. The van der Waals surface area contributed by atoms with Gasteiger partial charge in [-0.05, 0) is 55.0 Å². The number of nitrogens with zero attached hydrogens (tertiary/aromatic N) is 4. The Morgan fingerprint density at radius 3 is 2.35 bits per heavy atom. The smallest absolute Gasteiger partial charge is 0.335 e. The fraction of sp³-hybridized carbons (Fsp3) is 0.208. The largest absolute Gasteiger partial charge is 0.478 e. The molecule has 1 saturated heterocycles. The quantitative estimate of drug-likeness (QED) is 0.270. The van der Waals surface area contributed by atoms with Gasteiger partial charge >= 0.3 is 5.97 Å². The van der Waals surface area contributed by atoms with Crippen molar-refractivity contribution < 1.29 is 19.5 Å². The lowest BCUT2D eigenvalue weighted by molar-refractivity contribution is -0.121. The van der Waals surface area contributed by atoms with E-state index in [-0.39, 0.29) is 23.1 Å². The van der Waals surface area contributed by atoms with Gasteiger partial charge in [-0.3, -0.25) is 9.59 Å². The third-order valence-electron chi connectivity index (χ3n) is 4.97. The Labute approximate surface area is 201 Å². The SMILES string of the molecule is CC(/C=C/c1ccc(N(C)C)cc1)=N\N=C(/N)SC1CC(=O)N(c2ccc(C(=O)O)cc2)C1=O. The monoisotopic (exact) mass is 479 g/mol. The number of hydrogen-bond donors (Lipinski definition) is 2. The van der Waals surface area contributed by atoms with E-state index in [1.807, 2.05) is 49.3 Å². The minimum atomic E-state index is -1.09. The van der Waals surface area contributed by atoms with Crippen molar-refractivity contribution in [3.05, 3.63) is 65.7 Å². The Bertz CT molecular complexity index is 1170. The molecule has 3 N–H and O–H groups in total. The molecule has 1 atom stereocenters. The summed E-state index contributed by atoms with van der Waals surface area (Å²) in [6, 6.07) is 13.6. The normalized spacial score (nSPS) is 17.0. The molecule has 2 amide bonds. The molecule has 1 heterocycles. The highest BCUT2D eigenvalue weighted by Gasteiger charge is 2.40. The Kier molecular flexibility index (Phi) is 7.85. The Hall–Kier alpha value is -3.92. The van der Waals surface area contributed by atoms with Crippen molar-refractivity contribution in [1.82, 2.24) is 0 Å². The van der Waals surface area contributed by atoms with Gasteiger partial charge in [0.15, 0.2) is 5.17 Å². The van der Waals surface area contributed by atoms with Crippen molar-refractivity contribution in [2.75, 3.05) is 23.9 Å². The summed E-state index contributed by atoms with van der Waals surface area (Å²) in [7, 11) is 3.96. The van der Waals surface area contributed by atoms with E-state index in [9.17, 15) is 14.4 Å². The number of aromatic carboxylic acids is 1. The van der Waals surface area contributed by atoms with Crippen LogP contribution in [0, 0.1) is 0 Å². The summed E-state index contributed by atoms with van der Waals surface area (Å²) in [5, 5.41) is 16.4. The molecular weight excluding hydrogens is 454 g/mol. The highest BCUT2D eigenvalue weighted by molar-refractivity contribution is 8.14. The number of thioether (sulfide) groups is 1. The molecule has 176 valence electrons. The molecule has 1 fully saturated rings. The van der Waals surface area contributed by atoms with Gasteiger partial charge in [-0.2, -0.15) is 5.10 Å². The number of carbonyl (C=O) groups is 3. The van der Waals surface area contributed by atoms with E-state index < -0.39 is 17.1 Å². The molecule has 0 saturated carbocycles. The minimum Gasteiger partial charge on any atom is -0.478 e. The van der Waals surface area contributed by atoms with E-state index in [1.54, 1.807) is 13.0 Å². The van der Waals surface area contributed by atoms with E-state index in [4.69, 9.17) is 10.8 Å². The van der Waals surface area contributed by atoms with E-state index in [1.165, 1.54) is 24.3 Å². The number of carbonyl (C=O) groups excluding carboxylic acids is 2. The summed E-state index contributed by atoms with van der Waals surface area (Å²) in [6.45, 7) is 1.78. The van der Waals surface area contributed by atoms with Crippen molar-refractivity contribution >= 4 is 57.9 Å². The first-order chi connectivity index (χ1) is 16.2. The maximum atomic E-state index is 12.7. The molecule has 3 rings (SSSR count). The molecule has 1 aliphatic rings. The second-order valence-corrected chi connectivity index (χ2v) is 8.95. The molecule has 0 bridgehead atoms. The van der Waals surface area contributed by atoms with Crippen molar-refractivity contribution in [3.63, 3.8) is 0 Å². The van der Waals surface area contributed by atoms with Gasteiger partial charge < -0.3 is 15.7 Å². The number of carboxylic acids is 1. The lowest BCUT2D eigenvalue weighted by Crippen LogP contribution is -2.31. The number of hydrogen-bond acceptors (Lipinski definition) is 7. The molecular formula is C24H25N5O4S. The Morgan fingerprint density at radius 2 is 1.76 bits per heavy atom. The van der Waals surface area contributed by atoms with Crippen molar-refractivity contribution in [1.29, 1.82) is 0 Å². The van der Waals surface area contributed by atoms with Crippen LogP contribution in [0.2, 0.25) is 0 Å². The maximum Gasteiger partial charge on any atom is 0.335 e. The fourth-order valence-corrected chi connectivity index (χ4v) is 3.96. The molecule has 9 nitrogen and oxygen atoms in total. The van der Waals surface area contributed by atoms with Crippen LogP contribution in [0.3, 0.4) is 0 Å². The second kappa shape index (κ2) is 10.8. The first-order valence-electron chi connectivity index (χ1n) is 10.4. The highest BCUT2D eigenvalue weighted by atomic mass is 32.2. The first-order valence-corrected chi connectivity index (χ1v) is 11.2. The zero-order valence-electron chi connectivity index (χ0n) is 19.0. The van der Waals surface area contributed by atoms with E-state index >= 15 is 0 Å². The molecule has 1 aliphatic heterocycles. The standard InChI is InChI=1S/C24H25N5O4S/c1-15(4-5-16-6-10-18(11-7-16)28(2)3)26-27-24(25)34-20-14-21(30)29(22(20)31)19-12-8-17(9-13-19)23(32)33/h4-13,20H,14H2,1-3H3,(H2,25,27)(H,32,33)/b5-4+,26-15+. The zero-order chi connectivity index (χ0) is 24.8. The van der Waals surface area contributed by atoms with Crippen LogP contribution in [0.4, 0.5) is 11.4 Å². The number of rotatable bonds is 7. The molecule has 10 heteroatoms. The number of benzene rings is 2. The van der Waals surface area contributed by atoms with E-state index in [0.717, 1.165) is 27.9 Å². The van der Waals surface area contributed by atoms with Crippen LogP contribution >= 0.6 is 11.8 Å². The van der Waals surface area contributed by atoms with E-state index in [2.05, 4.69) is 10.2 Å². The summed E-state index contributed by atoms with van der Waals surface area (Å²) >= 11 is 0.972. The molecule has 0 aromatic heterocycles. The topological polar surface area (TPSA) is 129 Å². The van der Waals surface area contributed by atoms with Crippen LogP contribution in [0.25, 0.3) is 6.08 Å². The van der Waals surface area contributed by atoms with Crippen LogP contribution in [0.1, 0.15) is 29.3 Å². The number of imide groups is 1. The van der Waals surface area contributed by atoms with Gasteiger partial charge in [0.05, 0.1) is 17.0 Å². The van der Waals surface area contributed by atoms with Crippen LogP contribution in [0.5, 0.6) is 0 Å².